The van der Waals surface area contributed by atoms with E-state index in [4.69, 9.17) is 9.11 Å². The fourth-order valence-electron chi connectivity index (χ4n) is 1.69. The van der Waals surface area contributed by atoms with Gasteiger partial charge >= 0.3 is 10.1 Å². The molecule has 0 atom stereocenters. The summed E-state index contributed by atoms with van der Waals surface area (Å²) in [5, 5.41) is -0.225. The van der Waals surface area contributed by atoms with Gasteiger partial charge in [-0.05, 0) is 6.07 Å². The molecule has 0 bridgehead atoms. The highest BCUT2D eigenvalue weighted by Crippen LogP contribution is 2.25. The third-order valence-corrected chi connectivity index (χ3v) is 4.32. The van der Waals surface area contributed by atoms with Crippen molar-refractivity contribution >= 4 is 31.1 Å². The zero-order valence-electron chi connectivity index (χ0n) is 9.06. The third-order valence-electron chi connectivity index (χ3n) is 2.35. The fraction of sp³-hybridized carbons (Fsp3) is 0. The van der Waals surface area contributed by atoms with Gasteiger partial charge in [-0.2, -0.15) is 16.8 Å². The maximum Gasteiger partial charge on any atom is 0.301 e. The minimum atomic E-state index is -5.12. The average molecular weight is 305 g/mol. The van der Waals surface area contributed by atoms with Crippen LogP contribution >= 0.6 is 0 Å². The predicted octanol–water partition coefficient (Wildman–Crippen LogP) is 0.0215. The van der Waals surface area contributed by atoms with Crippen molar-refractivity contribution in [1.29, 1.82) is 0 Å². The fourth-order valence-corrected chi connectivity index (χ4v) is 3.73. The molecular weight excluding hydrogens is 298 g/mol. The predicted molar refractivity (Wildman–Crippen MR) is 64.2 cm³/mol. The number of aromatic amines is 1. The molecule has 0 saturated carbocycles. The minimum Gasteiger partial charge on any atom is -0.321 e. The van der Waals surface area contributed by atoms with Gasteiger partial charge in [-0.3, -0.25) is 13.9 Å². The summed E-state index contributed by atoms with van der Waals surface area (Å²) in [4.78, 5) is 11.1. The zero-order valence-corrected chi connectivity index (χ0v) is 10.7. The maximum atomic E-state index is 11.6. The van der Waals surface area contributed by atoms with Crippen LogP contribution in [0.25, 0.3) is 10.9 Å². The van der Waals surface area contributed by atoms with E-state index in [1.54, 1.807) is 0 Å². The van der Waals surface area contributed by atoms with Crippen LogP contribution in [0.3, 0.4) is 0 Å². The molecule has 10 heteroatoms. The van der Waals surface area contributed by atoms with E-state index in [1.165, 1.54) is 24.3 Å². The molecule has 1 aromatic heterocycles. The number of fused-ring (bicyclic) bond motifs is 1. The lowest BCUT2D eigenvalue weighted by atomic mass is 10.2. The highest BCUT2D eigenvalue weighted by Gasteiger charge is 2.30. The number of nitrogens with one attached hydrogen (secondary N) is 1. The van der Waals surface area contributed by atoms with E-state index in [0.29, 0.717) is 0 Å². The average Bonchev–Trinajstić information content (AvgIpc) is 2.24. The SMILES string of the molecule is O=c1[nH]c2ccccc2c(S(=O)(=O)O)c1S(=O)(=O)O. The number of hydrogen-bond donors (Lipinski definition) is 3. The number of H-pyrrole nitrogens is 1. The van der Waals surface area contributed by atoms with Crippen LogP contribution in [0, 0.1) is 0 Å². The van der Waals surface area contributed by atoms with Crippen molar-refractivity contribution in [2.24, 2.45) is 0 Å². The molecule has 0 spiro atoms. The van der Waals surface area contributed by atoms with Crippen molar-refractivity contribution in [2.75, 3.05) is 0 Å². The van der Waals surface area contributed by atoms with E-state index < -0.39 is 35.6 Å². The second-order valence-corrected chi connectivity index (χ2v) is 6.32. The molecule has 1 heterocycles. The van der Waals surface area contributed by atoms with Crippen LogP contribution in [-0.2, 0) is 20.2 Å². The highest BCUT2D eigenvalue weighted by atomic mass is 32.2. The Morgan fingerprint density at radius 3 is 1.95 bits per heavy atom. The summed E-state index contributed by atoms with van der Waals surface area (Å²) in [5.74, 6) is 0. The molecule has 0 aliphatic rings. The summed E-state index contributed by atoms with van der Waals surface area (Å²) < 4.78 is 62.9. The van der Waals surface area contributed by atoms with Gasteiger partial charge in [-0.1, -0.05) is 18.2 Å². The quantitative estimate of drug-likeness (QED) is 0.664. The Morgan fingerprint density at radius 1 is 0.895 bits per heavy atom. The van der Waals surface area contributed by atoms with Crippen LogP contribution in [-0.4, -0.2) is 30.9 Å². The Hall–Kier alpha value is -1.75. The summed E-state index contributed by atoms with van der Waals surface area (Å²) >= 11 is 0. The Labute approximate surface area is 107 Å². The second kappa shape index (κ2) is 4.13. The van der Waals surface area contributed by atoms with Crippen molar-refractivity contribution < 1.29 is 25.9 Å². The van der Waals surface area contributed by atoms with Gasteiger partial charge in [0.25, 0.3) is 15.7 Å². The van der Waals surface area contributed by atoms with Gasteiger partial charge in [0.1, 0.15) is 4.90 Å². The highest BCUT2D eigenvalue weighted by molar-refractivity contribution is 7.89. The van der Waals surface area contributed by atoms with Crippen molar-refractivity contribution in [3.8, 4) is 0 Å². The van der Waals surface area contributed by atoms with Gasteiger partial charge < -0.3 is 4.98 Å². The number of hydrogen-bond acceptors (Lipinski definition) is 5. The number of aromatic nitrogens is 1. The molecule has 1 aromatic carbocycles. The molecule has 0 radical (unpaired) electrons. The van der Waals surface area contributed by atoms with Gasteiger partial charge in [-0.15, -0.1) is 0 Å². The summed E-state index contributed by atoms with van der Waals surface area (Å²) in [6, 6.07) is 5.35. The molecule has 102 valence electrons. The number of rotatable bonds is 2. The first-order valence-electron chi connectivity index (χ1n) is 4.72. The standard InChI is InChI=1S/C9H7NO7S2/c11-9-8(19(15,16)17)7(18(12,13)14)5-3-1-2-4-6(5)10-9/h1-4H,(H,10,11)(H,12,13,14)(H,15,16,17). The van der Waals surface area contributed by atoms with Gasteiger partial charge in [0.05, 0.1) is 0 Å². The molecular formula is C9H7NO7S2. The van der Waals surface area contributed by atoms with E-state index in [9.17, 15) is 21.6 Å². The number of benzene rings is 1. The molecule has 2 rings (SSSR count). The van der Waals surface area contributed by atoms with E-state index in [-0.39, 0.29) is 10.9 Å². The Kier molecular flexibility index (Phi) is 2.97. The second-order valence-electron chi connectivity index (χ2n) is 3.61. The molecule has 0 amide bonds. The Bertz CT molecular complexity index is 925. The lowest BCUT2D eigenvalue weighted by Crippen LogP contribution is -2.22. The summed E-state index contributed by atoms with van der Waals surface area (Å²) in [5.41, 5.74) is -1.33. The first kappa shape index (κ1) is 13.7. The van der Waals surface area contributed by atoms with Crippen LogP contribution in [0.4, 0.5) is 0 Å². The zero-order chi connectivity index (χ0) is 14.4. The van der Waals surface area contributed by atoms with E-state index in [2.05, 4.69) is 4.98 Å². The molecule has 19 heavy (non-hydrogen) atoms. The first-order chi connectivity index (χ1) is 8.62. The van der Waals surface area contributed by atoms with Crippen LogP contribution < -0.4 is 5.56 Å². The molecule has 0 aliphatic carbocycles. The molecule has 8 nitrogen and oxygen atoms in total. The van der Waals surface area contributed by atoms with Crippen LogP contribution in [0.2, 0.25) is 0 Å². The summed E-state index contributed by atoms with van der Waals surface area (Å²) in [6.45, 7) is 0. The van der Waals surface area contributed by atoms with Gasteiger partial charge in [0.2, 0.25) is 0 Å². The Morgan fingerprint density at radius 2 is 1.42 bits per heavy atom. The van der Waals surface area contributed by atoms with Crippen molar-refractivity contribution in [3.05, 3.63) is 34.6 Å². The lowest BCUT2D eigenvalue weighted by Gasteiger charge is -2.07. The van der Waals surface area contributed by atoms with Crippen molar-refractivity contribution in [3.63, 3.8) is 0 Å². The normalized spacial score (nSPS) is 12.7. The topological polar surface area (TPSA) is 142 Å². The van der Waals surface area contributed by atoms with Gasteiger partial charge in [-0.25, -0.2) is 0 Å². The molecule has 0 aliphatic heterocycles. The third kappa shape index (κ3) is 2.38. The lowest BCUT2D eigenvalue weighted by molar-refractivity contribution is 0.466. The smallest absolute Gasteiger partial charge is 0.301 e. The monoisotopic (exact) mass is 305 g/mol. The van der Waals surface area contributed by atoms with E-state index in [0.717, 1.165) is 0 Å². The number of pyridine rings is 1. The van der Waals surface area contributed by atoms with Crippen LogP contribution in [0.1, 0.15) is 0 Å². The molecule has 0 fully saturated rings. The van der Waals surface area contributed by atoms with Gasteiger partial charge in [0.15, 0.2) is 4.90 Å². The Balaban J connectivity index is 3.23. The van der Waals surface area contributed by atoms with Crippen molar-refractivity contribution in [2.45, 2.75) is 9.79 Å². The first-order valence-corrected chi connectivity index (χ1v) is 7.60. The van der Waals surface area contributed by atoms with Crippen LogP contribution in [0.5, 0.6) is 0 Å². The molecule has 0 saturated heterocycles. The molecule has 3 N–H and O–H groups in total. The number of para-hydroxylation sites is 1. The largest absolute Gasteiger partial charge is 0.321 e. The molecule has 0 unspecified atom stereocenters. The van der Waals surface area contributed by atoms with Crippen molar-refractivity contribution in [1.82, 2.24) is 4.98 Å². The van der Waals surface area contributed by atoms with E-state index in [1.807, 2.05) is 0 Å². The molecule has 2 aromatic rings. The van der Waals surface area contributed by atoms with Gasteiger partial charge in [0, 0.05) is 10.9 Å². The summed E-state index contributed by atoms with van der Waals surface area (Å²) in [7, 11) is -10.1. The maximum absolute atomic E-state index is 11.6. The van der Waals surface area contributed by atoms with E-state index >= 15 is 0 Å². The summed E-state index contributed by atoms with van der Waals surface area (Å²) in [6.07, 6.45) is 0. The minimum absolute atomic E-state index is 0.00697. The van der Waals surface area contributed by atoms with Crippen LogP contribution in [0.15, 0.2) is 38.9 Å².